The predicted molar refractivity (Wildman–Crippen MR) is 63.2 cm³/mol. The second-order valence-corrected chi connectivity index (χ2v) is 3.73. The van der Waals surface area contributed by atoms with Gasteiger partial charge in [0.15, 0.2) is 0 Å². The van der Waals surface area contributed by atoms with Crippen LogP contribution in [0.15, 0.2) is 23.5 Å². The Morgan fingerprint density at radius 1 is 1.27 bits per heavy atom. The molecule has 15 heavy (non-hydrogen) atoms. The molecule has 0 aromatic heterocycles. The molecule has 0 spiro atoms. The first-order chi connectivity index (χ1) is 7.13. The van der Waals surface area contributed by atoms with Crippen LogP contribution in [0.5, 0.6) is 0 Å². The average molecular weight is 213 g/mol. The van der Waals surface area contributed by atoms with Gasteiger partial charge in [-0.1, -0.05) is 19.1 Å². The third kappa shape index (κ3) is 7.17. The Labute approximate surface area is 92.5 Å². The van der Waals surface area contributed by atoms with Crippen molar-refractivity contribution in [2.45, 2.75) is 33.6 Å². The second kappa shape index (κ2) is 8.50. The van der Waals surface area contributed by atoms with Gasteiger partial charge in [0.1, 0.15) is 0 Å². The standard InChI is InChI=1S/C12H23NO2/c1-4-12(9-15)8-11(3)13-10(2)6-5-7-14/h6,8,12-15H,4-5,7,9H2,1-3H3/b10-6+,11-8+. The summed E-state index contributed by atoms with van der Waals surface area (Å²) in [5, 5.41) is 20.9. The van der Waals surface area contributed by atoms with Crippen LogP contribution in [0.25, 0.3) is 0 Å². The number of aliphatic hydroxyl groups excluding tert-OH is 2. The van der Waals surface area contributed by atoms with Crippen molar-refractivity contribution >= 4 is 0 Å². The lowest BCUT2D eigenvalue weighted by Crippen LogP contribution is -2.11. The Morgan fingerprint density at radius 2 is 1.93 bits per heavy atom. The third-order valence-corrected chi connectivity index (χ3v) is 2.22. The molecule has 0 rings (SSSR count). The molecule has 3 heteroatoms. The van der Waals surface area contributed by atoms with Gasteiger partial charge in [0, 0.05) is 30.5 Å². The lowest BCUT2D eigenvalue weighted by Gasteiger charge is -2.11. The predicted octanol–water partition coefficient (Wildman–Crippen LogP) is 1.78. The average Bonchev–Trinajstić information content (AvgIpc) is 2.22. The van der Waals surface area contributed by atoms with E-state index in [0.29, 0.717) is 6.42 Å². The lowest BCUT2D eigenvalue weighted by molar-refractivity contribution is 0.249. The zero-order chi connectivity index (χ0) is 11.7. The summed E-state index contributed by atoms with van der Waals surface area (Å²) in [7, 11) is 0. The quantitative estimate of drug-likeness (QED) is 0.604. The van der Waals surface area contributed by atoms with Crippen LogP contribution in [0.3, 0.4) is 0 Å². The topological polar surface area (TPSA) is 52.5 Å². The highest BCUT2D eigenvalue weighted by atomic mass is 16.3. The van der Waals surface area contributed by atoms with Crippen LogP contribution < -0.4 is 5.32 Å². The fourth-order valence-electron chi connectivity index (χ4n) is 1.34. The second-order valence-electron chi connectivity index (χ2n) is 3.73. The highest BCUT2D eigenvalue weighted by Gasteiger charge is 2.00. The number of hydrogen-bond donors (Lipinski definition) is 3. The Balaban J connectivity index is 4.15. The van der Waals surface area contributed by atoms with Crippen molar-refractivity contribution < 1.29 is 10.2 Å². The number of aliphatic hydroxyl groups is 2. The molecule has 0 saturated heterocycles. The van der Waals surface area contributed by atoms with Gasteiger partial charge < -0.3 is 15.5 Å². The summed E-state index contributed by atoms with van der Waals surface area (Å²) in [5.41, 5.74) is 2.08. The maximum Gasteiger partial charge on any atom is 0.0494 e. The fourth-order valence-corrected chi connectivity index (χ4v) is 1.34. The van der Waals surface area contributed by atoms with E-state index in [1.54, 1.807) is 0 Å². The van der Waals surface area contributed by atoms with Gasteiger partial charge in [-0.3, -0.25) is 0 Å². The molecule has 0 bridgehead atoms. The normalized spacial score (nSPS) is 15.3. The minimum absolute atomic E-state index is 0.177. The number of rotatable bonds is 7. The monoisotopic (exact) mass is 213 g/mol. The summed E-state index contributed by atoms with van der Waals surface area (Å²) < 4.78 is 0. The molecule has 0 amide bonds. The first-order valence-electron chi connectivity index (χ1n) is 5.47. The molecule has 3 nitrogen and oxygen atoms in total. The smallest absolute Gasteiger partial charge is 0.0494 e. The van der Waals surface area contributed by atoms with E-state index in [-0.39, 0.29) is 19.1 Å². The van der Waals surface area contributed by atoms with Gasteiger partial charge in [-0.2, -0.15) is 0 Å². The lowest BCUT2D eigenvalue weighted by atomic mass is 10.1. The van der Waals surface area contributed by atoms with Crippen LogP contribution >= 0.6 is 0 Å². The first-order valence-corrected chi connectivity index (χ1v) is 5.47. The van der Waals surface area contributed by atoms with Gasteiger partial charge in [-0.05, 0) is 26.7 Å². The Kier molecular flexibility index (Phi) is 8.05. The van der Waals surface area contributed by atoms with E-state index >= 15 is 0 Å². The van der Waals surface area contributed by atoms with E-state index in [2.05, 4.69) is 12.2 Å². The zero-order valence-electron chi connectivity index (χ0n) is 9.95. The molecule has 1 unspecified atom stereocenters. The van der Waals surface area contributed by atoms with Crippen molar-refractivity contribution in [1.29, 1.82) is 0 Å². The molecule has 0 fully saturated rings. The van der Waals surface area contributed by atoms with Crippen LogP contribution in [0, 0.1) is 5.92 Å². The summed E-state index contributed by atoms with van der Waals surface area (Å²) in [6.07, 6.45) is 5.60. The highest BCUT2D eigenvalue weighted by Crippen LogP contribution is 2.06. The van der Waals surface area contributed by atoms with Crippen molar-refractivity contribution in [2.75, 3.05) is 13.2 Å². The molecule has 1 atom stereocenters. The van der Waals surface area contributed by atoms with Crippen LogP contribution in [-0.4, -0.2) is 23.4 Å². The van der Waals surface area contributed by atoms with Crippen LogP contribution in [-0.2, 0) is 0 Å². The molecule has 0 heterocycles. The molecule has 88 valence electrons. The molecular weight excluding hydrogens is 190 g/mol. The summed E-state index contributed by atoms with van der Waals surface area (Å²) in [4.78, 5) is 0. The highest BCUT2D eigenvalue weighted by molar-refractivity contribution is 5.08. The molecule has 0 aliphatic rings. The summed E-state index contributed by atoms with van der Waals surface area (Å²) in [6, 6.07) is 0. The van der Waals surface area contributed by atoms with Crippen molar-refractivity contribution in [2.24, 2.45) is 5.92 Å². The Hall–Kier alpha value is -0.800. The molecule has 0 aliphatic carbocycles. The van der Waals surface area contributed by atoms with Gasteiger partial charge >= 0.3 is 0 Å². The molecular formula is C12H23NO2. The van der Waals surface area contributed by atoms with Crippen LogP contribution in [0.2, 0.25) is 0 Å². The van der Waals surface area contributed by atoms with Gasteiger partial charge in [-0.15, -0.1) is 0 Å². The Morgan fingerprint density at radius 3 is 2.40 bits per heavy atom. The summed E-state index contributed by atoms with van der Waals surface area (Å²) in [6.45, 7) is 6.37. The molecule has 0 aromatic carbocycles. The summed E-state index contributed by atoms with van der Waals surface area (Å²) in [5.74, 6) is 0.225. The molecule has 0 saturated carbocycles. The van der Waals surface area contributed by atoms with Crippen LogP contribution in [0.1, 0.15) is 33.6 Å². The maximum absolute atomic E-state index is 9.03. The van der Waals surface area contributed by atoms with E-state index in [4.69, 9.17) is 10.2 Å². The van der Waals surface area contributed by atoms with Crippen molar-refractivity contribution in [3.8, 4) is 0 Å². The zero-order valence-corrected chi connectivity index (χ0v) is 9.95. The van der Waals surface area contributed by atoms with Gasteiger partial charge in [-0.25, -0.2) is 0 Å². The SMILES string of the molecule is CCC(/C=C(\C)N/C(C)=C/CCO)CO. The molecule has 0 radical (unpaired) electrons. The van der Waals surface area contributed by atoms with Crippen molar-refractivity contribution in [1.82, 2.24) is 5.32 Å². The van der Waals surface area contributed by atoms with Crippen molar-refractivity contribution in [3.63, 3.8) is 0 Å². The summed E-state index contributed by atoms with van der Waals surface area (Å²) >= 11 is 0. The van der Waals surface area contributed by atoms with E-state index in [1.807, 2.05) is 26.0 Å². The molecule has 0 aromatic rings. The molecule has 3 N–H and O–H groups in total. The molecule has 0 aliphatic heterocycles. The van der Waals surface area contributed by atoms with Crippen molar-refractivity contribution in [3.05, 3.63) is 23.5 Å². The van der Waals surface area contributed by atoms with Gasteiger partial charge in [0.05, 0.1) is 0 Å². The number of hydrogen-bond acceptors (Lipinski definition) is 3. The van der Waals surface area contributed by atoms with Gasteiger partial charge in [0.2, 0.25) is 0 Å². The minimum atomic E-state index is 0.177. The fraction of sp³-hybridized carbons (Fsp3) is 0.667. The van der Waals surface area contributed by atoms with E-state index in [1.165, 1.54) is 0 Å². The van der Waals surface area contributed by atoms with E-state index in [9.17, 15) is 0 Å². The minimum Gasteiger partial charge on any atom is -0.396 e. The maximum atomic E-state index is 9.03. The van der Waals surface area contributed by atoms with Gasteiger partial charge in [0.25, 0.3) is 0 Å². The van der Waals surface area contributed by atoms with E-state index < -0.39 is 0 Å². The number of allylic oxidation sites excluding steroid dienone is 2. The van der Waals surface area contributed by atoms with Crippen LogP contribution in [0.4, 0.5) is 0 Å². The largest absolute Gasteiger partial charge is 0.396 e. The van der Waals surface area contributed by atoms with E-state index in [0.717, 1.165) is 17.8 Å². The Bertz CT molecular complexity index is 218. The first kappa shape index (κ1) is 14.2. The third-order valence-electron chi connectivity index (χ3n) is 2.22. The number of nitrogens with one attached hydrogen (secondary N) is 1.